The van der Waals surface area contributed by atoms with Gasteiger partial charge >= 0.3 is 0 Å². The van der Waals surface area contributed by atoms with E-state index in [4.69, 9.17) is 14.2 Å². The van der Waals surface area contributed by atoms with Crippen LogP contribution in [0.25, 0.3) is 0 Å². The van der Waals surface area contributed by atoms with Crippen molar-refractivity contribution < 1.29 is 19.0 Å². The number of nitrogens with zero attached hydrogens (tertiary/aromatic N) is 2. The molecular weight excluding hydrogens is 260 g/mol. The van der Waals surface area contributed by atoms with Gasteiger partial charge in [-0.25, -0.2) is 0 Å². The number of rotatable bonds is 7. The van der Waals surface area contributed by atoms with Gasteiger partial charge in [0.05, 0.1) is 20.8 Å². The average molecular weight is 276 g/mol. The van der Waals surface area contributed by atoms with E-state index < -0.39 is 0 Å². The molecule has 0 spiro atoms. The maximum absolute atomic E-state index is 10.9. The Labute approximate surface area is 116 Å². The molecule has 0 radical (unpaired) electrons. The van der Waals surface area contributed by atoms with Gasteiger partial charge in [-0.05, 0) is 18.2 Å². The predicted molar refractivity (Wildman–Crippen MR) is 72.7 cm³/mol. The zero-order chi connectivity index (χ0) is 14.4. The lowest BCUT2D eigenvalue weighted by Crippen LogP contribution is -2.09. The highest BCUT2D eigenvalue weighted by Crippen LogP contribution is 2.38. The minimum Gasteiger partial charge on any atom is -0.493 e. The molecule has 0 saturated carbocycles. The van der Waals surface area contributed by atoms with Crippen LogP contribution in [-0.4, -0.2) is 36.9 Å². The number of ether oxygens (including phenoxy) is 3. The van der Waals surface area contributed by atoms with Crippen molar-refractivity contribution in [1.29, 1.82) is 0 Å². The second kappa shape index (κ2) is 6.60. The molecule has 0 bridgehead atoms. The molecule has 0 aliphatic heterocycles. The highest BCUT2D eigenvalue weighted by Gasteiger charge is 2.14. The Morgan fingerprint density at radius 3 is 2.45 bits per heavy atom. The molecule has 0 amide bonds. The lowest BCUT2D eigenvalue weighted by Gasteiger charge is -2.15. The Kier molecular flexibility index (Phi) is 4.60. The molecule has 0 fully saturated rings. The lowest BCUT2D eigenvalue weighted by molar-refractivity contribution is 0.112. The number of aldehydes is 1. The van der Waals surface area contributed by atoms with Gasteiger partial charge in [-0.2, -0.15) is 5.10 Å². The Hall–Kier alpha value is -2.50. The second-order valence-electron chi connectivity index (χ2n) is 3.99. The fourth-order valence-electron chi connectivity index (χ4n) is 1.78. The van der Waals surface area contributed by atoms with Crippen molar-refractivity contribution in [3.63, 3.8) is 0 Å². The maximum atomic E-state index is 10.9. The molecule has 0 unspecified atom stereocenters. The first-order valence-corrected chi connectivity index (χ1v) is 6.10. The van der Waals surface area contributed by atoms with Crippen LogP contribution in [0.15, 0.2) is 30.6 Å². The predicted octanol–water partition coefficient (Wildman–Crippen LogP) is 1.79. The first-order valence-electron chi connectivity index (χ1n) is 6.10. The fourth-order valence-corrected chi connectivity index (χ4v) is 1.78. The van der Waals surface area contributed by atoms with Gasteiger partial charge in [0, 0.05) is 18.0 Å². The largest absolute Gasteiger partial charge is 0.493 e. The third-order valence-corrected chi connectivity index (χ3v) is 2.74. The molecule has 6 nitrogen and oxygen atoms in total. The summed E-state index contributed by atoms with van der Waals surface area (Å²) in [5.74, 6) is 1.41. The zero-order valence-corrected chi connectivity index (χ0v) is 11.4. The Morgan fingerprint density at radius 2 is 1.95 bits per heavy atom. The summed E-state index contributed by atoms with van der Waals surface area (Å²) in [7, 11) is 3.04. The van der Waals surface area contributed by atoms with E-state index in [1.807, 2.05) is 12.3 Å². The summed E-state index contributed by atoms with van der Waals surface area (Å²) in [6.07, 6.45) is 4.30. The van der Waals surface area contributed by atoms with E-state index in [0.29, 0.717) is 36.0 Å². The number of carbonyl (C=O) groups excluding carboxylic acids is 1. The molecule has 2 aromatic rings. The van der Waals surface area contributed by atoms with Crippen LogP contribution >= 0.6 is 0 Å². The number of hydrogen-bond acceptors (Lipinski definition) is 5. The molecule has 2 rings (SSSR count). The quantitative estimate of drug-likeness (QED) is 0.721. The van der Waals surface area contributed by atoms with Crippen LogP contribution in [0.1, 0.15) is 10.4 Å². The summed E-state index contributed by atoms with van der Waals surface area (Å²) < 4.78 is 17.9. The summed E-state index contributed by atoms with van der Waals surface area (Å²) in [6, 6.07) is 5.07. The van der Waals surface area contributed by atoms with Gasteiger partial charge in [-0.15, -0.1) is 0 Å². The second-order valence-corrected chi connectivity index (χ2v) is 3.99. The molecule has 20 heavy (non-hydrogen) atoms. The van der Waals surface area contributed by atoms with E-state index in [9.17, 15) is 4.79 Å². The third-order valence-electron chi connectivity index (χ3n) is 2.74. The number of benzene rings is 1. The first-order chi connectivity index (χ1) is 9.78. The monoisotopic (exact) mass is 276 g/mol. The maximum Gasteiger partial charge on any atom is 0.203 e. The first kappa shape index (κ1) is 13.9. The molecule has 1 heterocycles. The molecule has 1 aromatic heterocycles. The van der Waals surface area contributed by atoms with Gasteiger partial charge in [0.2, 0.25) is 5.75 Å². The van der Waals surface area contributed by atoms with Crippen LogP contribution < -0.4 is 14.2 Å². The minimum atomic E-state index is 0.412. The van der Waals surface area contributed by atoms with Crippen LogP contribution in [-0.2, 0) is 6.54 Å². The van der Waals surface area contributed by atoms with Gasteiger partial charge in [-0.3, -0.25) is 9.48 Å². The highest BCUT2D eigenvalue weighted by molar-refractivity contribution is 5.78. The molecule has 0 atom stereocenters. The molecule has 0 aliphatic carbocycles. The van der Waals surface area contributed by atoms with E-state index >= 15 is 0 Å². The highest BCUT2D eigenvalue weighted by atomic mass is 16.5. The molecule has 106 valence electrons. The number of carbonyl (C=O) groups is 1. The van der Waals surface area contributed by atoms with E-state index in [1.54, 1.807) is 23.0 Å². The van der Waals surface area contributed by atoms with E-state index in [2.05, 4.69) is 5.10 Å². The van der Waals surface area contributed by atoms with E-state index in [1.165, 1.54) is 14.2 Å². The Bertz CT molecular complexity index is 542. The minimum absolute atomic E-state index is 0.412. The number of aromatic nitrogens is 2. The van der Waals surface area contributed by atoms with Crippen LogP contribution in [0.4, 0.5) is 0 Å². The van der Waals surface area contributed by atoms with Crippen molar-refractivity contribution in [2.45, 2.75) is 6.54 Å². The average Bonchev–Trinajstić information content (AvgIpc) is 3.00. The van der Waals surface area contributed by atoms with Crippen molar-refractivity contribution in [1.82, 2.24) is 9.78 Å². The van der Waals surface area contributed by atoms with E-state index in [0.717, 1.165) is 6.29 Å². The van der Waals surface area contributed by atoms with E-state index in [-0.39, 0.29) is 0 Å². The standard InChI is InChI=1S/C14H16N2O4/c1-18-12-8-11(10-17)9-13(19-2)14(12)20-7-6-16-5-3-4-15-16/h3-5,8-10H,6-7H2,1-2H3. The van der Waals surface area contributed by atoms with Gasteiger partial charge in [0.25, 0.3) is 0 Å². The Morgan fingerprint density at radius 1 is 1.25 bits per heavy atom. The third kappa shape index (κ3) is 3.09. The van der Waals surface area contributed by atoms with Crippen molar-refractivity contribution >= 4 is 6.29 Å². The van der Waals surface area contributed by atoms with Crippen molar-refractivity contribution in [3.05, 3.63) is 36.2 Å². The molecular formula is C14H16N2O4. The normalized spacial score (nSPS) is 10.1. The van der Waals surface area contributed by atoms with Crippen LogP contribution in [0, 0.1) is 0 Å². The van der Waals surface area contributed by atoms with Crippen molar-refractivity contribution in [2.75, 3.05) is 20.8 Å². The van der Waals surface area contributed by atoms with Gasteiger partial charge in [0.15, 0.2) is 11.5 Å². The molecule has 1 aromatic carbocycles. The summed E-state index contributed by atoms with van der Waals surface area (Å²) >= 11 is 0. The summed E-state index contributed by atoms with van der Waals surface area (Å²) in [4.78, 5) is 10.9. The van der Waals surface area contributed by atoms with Crippen LogP contribution in [0.5, 0.6) is 17.2 Å². The molecule has 0 N–H and O–H groups in total. The van der Waals surface area contributed by atoms with Crippen molar-refractivity contribution in [3.8, 4) is 17.2 Å². The summed E-state index contributed by atoms with van der Waals surface area (Å²) in [6.45, 7) is 1.02. The van der Waals surface area contributed by atoms with Crippen LogP contribution in [0.3, 0.4) is 0 Å². The van der Waals surface area contributed by atoms with Gasteiger partial charge in [0.1, 0.15) is 12.9 Å². The van der Waals surface area contributed by atoms with Crippen molar-refractivity contribution in [2.24, 2.45) is 0 Å². The van der Waals surface area contributed by atoms with Crippen LogP contribution in [0.2, 0.25) is 0 Å². The number of methoxy groups -OCH3 is 2. The lowest BCUT2D eigenvalue weighted by atomic mass is 10.2. The summed E-state index contributed by atoms with van der Waals surface area (Å²) in [5.41, 5.74) is 0.470. The summed E-state index contributed by atoms with van der Waals surface area (Å²) in [5, 5.41) is 4.09. The Balaban J connectivity index is 2.14. The molecule has 0 aliphatic rings. The van der Waals surface area contributed by atoms with Gasteiger partial charge < -0.3 is 14.2 Å². The SMILES string of the molecule is COc1cc(C=O)cc(OC)c1OCCn1cccn1. The van der Waals surface area contributed by atoms with Gasteiger partial charge in [-0.1, -0.05) is 0 Å². The fraction of sp³-hybridized carbons (Fsp3) is 0.286. The number of hydrogen-bond donors (Lipinski definition) is 0. The topological polar surface area (TPSA) is 62.6 Å². The smallest absolute Gasteiger partial charge is 0.203 e. The zero-order valence-electron chi connectivity index (χ0n) is 11.4. The molecule has 0 saturated heterocycles. The molecule has 6 heteroatoms.